The molecule has 0 aromatic heterocycles. The van der Waals surface area contributed by atoms with Crippen molar-refractivity contribution in [2.24, 2.45) is 5.41 Å². The van der Waals surface area contributed by atoms with Gasteiger partial charge in [0.25, 0.3) is 0 Å². The normalized spacial score (nSPS) is 11.5. The van der Waals surface area contributed by atoms with Crippen molar-refractivity contribution in [2.75, 3.05) is 6.61 Å². The summed E-state index contributed by atoms with van der Waals surface area (Å²) >= 11 is 0. The molecule has 0 aliphatic carbocycles. The molecule has 0 aliphatic rings. The Kier molecular flexibility index (Phi) is 5.35. The highest BCUT2D eigenvalue weighted by Crippen LogP contribution is 2.18. The van der Waals surface area contributed by atoms with E-state index in [1.165, 1.54) is 0 Å². The van der Waals surface area contributed by atoms with Gasteiger partial charge < -0.3 is 9.84 Å². The van der Waals surface area contributed by atoms with E-state index in [1.54, 1.807) is 0 Å². The maximum Gasteiger partial charge on any atom is 0.307 e. The molecule has 0 unspecified atom stereocenters. The molecule has 0 amide bonds. The first kappa shape index (κ1) is 14.7. The molecule has 0 saturated carbocycles. The Balaban J connectivity index is 2.33. The summed E-state index contributed by atoms with van der Waals surface area (Å²) in [5, 5.41) is 8.66. The summed E-state index contributed by atoms with van der Waals surface area (Å²) in [5.41, 5.74) is 2.20. The van der Waals surface area contributed by atoms with Crippen molar-refractivity contribution in [3.8, 4) is 0 Å². The molecule has 1 rings (SSSR count). The van der Waals surface area contributed by atoms with Crippen molar-refractivity contribution in [3.05, 3.63) is 35.4 Å². The van der Waals surface area contributed by atoms with E-state index >= 15 is 0 Å². The first-order valence-electron chi connectivity index (χ1n) is 6.24. The fourth-order valence-corrected chi connectivity index (χ4v) is 1.50. The number of carboxylic acid groups (broad SMARTS) is 1. The first-order chi connectivity index (χ1) is 8.37. The van der Waals surface area contributed by atoms with Crippen LogP contribution < -0.4 is 0 Å². The molecule has 0 atom stereocenters. The Morgan fingerprint density at radius 1 is 1.17 bits per heavy atom. The lowest BCUT2D eigenvalue weighted by Crippen LogP contribution is -2.09. The molecule has 100 valence electrons. The van der Waals surface area contributed by atoms with Gasteiger partial charge in [-0.2, -0.15) is 0 Å². The van der Waals surface area contributed by atoms with Gasteiger partial charge in [0, 0.05) is 6.61 Å². The van der Waals surface area contributed by atoms with Crippen molar-refractivity contribution in [2.45, 2.75) is 40.2 Å². The minimum Gasteiger partial charge on any atom is -0.481 e. The molecule has 3 nitrogen and oxygen atoms in total. The number of rotatable bonds is 6. The van der Waals surface area contributed by atoms with Gasteiger partial charge in [-0.3, -0.25) is 4.79 Å². The molecular weight excluding hydrogens is 228 g/mol. The van der Waals surface area contributed by atoms with Gasteiger partial charge >= 0.3 is 5.97 Å². The van der Waals surface area contributed by atoms with Crippen molar-refractivity contribution in [1.82, 2.24) is 0 Å². The van der Waals surface area contributed by atoms with Crippen LogP contribution in [0, 0.1) is 5.41 Å². The van der Waals surface area contributed by atoms with E-state index in [9.17, 15) is 4.79 Å². The summed E-state index contributed by atoms with van der Waals surface area (Å²) in [6.45, 7) is 7.91. The van der Waals surface area contributed by atoms with Crippen LogP contribution in [0.1, 0.15) is 38.3 Å². The Bertz CT molecular complexity index is 374. The quantitative estimate of drug-likeness (QED) is 0.788. The summed E-state index contributed by atoms with van der Waals surface area (Å²) in [6.07, 6.45) is 1.11. The third-order valence-corrected chi connectivity index (χ3v) is 2.64. The van der Waals surface area contributed by atoms with Gasteiger partial charge in [-0.25, -0.2) is 0 Å². The highest BCUT2D eigenvalue weighted by atomic mass is 16.5. The third kappa shape index (κ3) is 6.40. The topological polar surface area (TPSA) is 46.5 Å². The van der Waals surface area contributed by atoms with Gasteiger partial charge in [0.1, 0.15) is 0 Å². The minimum atomic E-state index is -0.802. The van der Waals surface area contributed by atoms with E-state index in [2.05, 4.69) is 20.8 Å². The van der Waals surface area contributed by atoms with Gasteiger partial charge in [0.15, 0.2) is 0 Å². The molecule has 3 heteroatoms. The third-order valence-electron chi connectivity index (χ3n) is 2.64. The molecule has 0 spiro atoms. The van der Waals surface area contributed by atoms with Crippen LogP contribution in [0.15, 0.2) is 24.3 Å². The van der Waals surface area contributed by atoms with E-state index in [-0.39, 0.29) is 6.42 Å². The number of hydrogen-bond donors (Lipinski definition) is 1. The van der Waals surface area contributed by atoms with E-state index in [0.29, 0.717) is 12.0 Å². The highest BCUT2D eigenvalue weighted by Gasteiger charge is 2.09. The van der Waals surface area contributed by atoms with E-state index < -0.39 is 5.97 Å². The summed E-state index contributed by atoms with van der Waals surface area (Å²) in [5.74, 6) is -0.802. The zero-order valence-corrected chi connectivity index (χ0v) is 11.4. The Hall–Kier alpha value is -1.35. The SMILES string of the molecule is CC(C)(C)CCOCc1ccc(CC(=O)O)cc1. The fourth-order valence-electron chi connectivity index (χ4n) is 1.50. The van der Waals surface area contributed by atoms with Gasteiger partial charge in [0.05, 0.1) is 13.0 Å². The second kappa shape index (κ2) is 6.55. The fraction of sp³-hybridized carbons (Fsp3) is 0.533. The summed E-state index contributed by atoms with van der Waals surface area (Å²) < 4.78 is 5.60. The zero-order chi connectivity index (χ0) is 13.6. The average molecular weight is 250 g/mol. The highest BCUT2D eigenvalue weighted by molar-refractivity contribution is 5.70. The molecular formula is C15H22O3. The van der Waals surface area contributed by atoms with Gasteiger partial charge in [0.2, 0.25) is 0 Å². The van der Waals surface area contributed by atoms with Crippen LogP contribution in [-0.4, -0.2) is 17.7 Å². The summed E-state index contributed by atoms with van der Waals surface area (Å²) in [4.78, 5) is 10.5. The number of hydrogen-bond acceptors (Lipinski definition) is 2. The van der Waals surface area contributed by atoms with Crippen molar-refractivity contribution >= 4 is 5.97 Å². The van der Waals surface area contributed by atoms with Crippen LogP contribution >= 0.6 is 0 Å². The predicted octanol–water partition coefficient (Wildman–Crippen LogP) is 3.27. The number of ether oxygens (including phenoxy) is 1. The number of carboxylic acids is 1. The second-order valence-electron chi connectivity index (χ2n) is 5.75. The van der Waals surface area contributed by atoms with Gasteiger partial charge in [-0.05, 0) is 23.0 Å². The van der Waals surface area contributed by atoms with Gasteiger partial charge in [-0.1, -0.05) is 45.0 Å². The smallest absolute Gasteiger partial charge is 0.307 e. The van der Waals surface area contributed by atoms with E-state index in [0.717, 1.165) is 24.2 Å². The van der Waals surface area contributed by atoms with Crippen LogP contribution in [0.5, 0.6) is 0 Å². The van der Waals surface area contributed by atoms with Crippen LogP contribution in [0.4, 0.5) is 0 Å². The van der Waals surface area contributed by atoms with E-state index in [4.69, 9.17) is 9.84 Å². The molecule has 0 radical (unpaired) electrons. The van der Waals surface area contributed by atoms with Crippen molar-refractivity contribution in [1.29, 1.82) is 0 Å². The second-order valence-corrected chi connectivity index (χ2v) is 5.75. The lowest BCUT2D eigenvalue weighted by atomic mass is 9.93. The monoisotopic (exact) mass is 250 g/mol. The predicted molar refractivity (Wildman–Crippen MR) is 71.5 cm³/mol. The zero-order valence-electron chi connectivity index (χ0n) is 11.4. The Morgan fingerprint density at radius 2 is 1.72 bits per heavy atom. The minimum absolute atomic E-state index is 0.0746. The number of benzene rings is 1. The Labute approximate surface area is 109 Å². The molecule has 0 aliphatic heterocycles. The van der Waals surface area contributed by atoms with Crippen LogP contribution in [0.25, 0.3) is 0 Å². The van der Waals surface area contributed by atoms with Crippen molar-refractivity contribution in [3.63, 3.8) is 0 Å². The Morgan fingerprint density at radius 3 is 2.22 bits per heavy atom. The van der Waals surface area contributed by atoms with Crippen LogP contribution in [0.2, 0.25) is 0 Å². The van der Waals surface area contributed by atoms with Gasteiger partial charge in [-0.15, -0.1) is 0 Å². The molecule has 0 fully saturated rings. The maximum atomic E-state index is 10.5. The molecule has 0 saturated heterocycles. The first-order valence-corrected chi connectivity index (χ1v) is 6.24. The molecule has 1 aromatic carbocycles. The molecule has 0 heterocycles. The average Bonchev–Trinajstić information content (AvgIpc) is 2.24. The van der Waals surface area contributed by atoms with Crippen LogP contribution in [-0.2, 0) is 22.6 Å². The number of aliphatic carboxylic acids is 1. The lowest BCUT2D eigenvalue weighted by Gasteiger charge is -2.17. The summed E-state index contributed by atoms with van der Waals surface area (Å²) in [6, 6.07) is 7.54. The van der Waals surface area contributed by atoms with Crippen molar-refractivity contribution < 1.29 is 14.6 Å². The van der Waals surface area contributed by atoms with E-state index in [1.807, 2.05) is 24.3 Å². The summed E-state index contributed by atoms with van der Waals surface area (Å²) in [7, 11) is 0. The molecule has 1 N–H and O–H groups in total. The molecule has 18 heavy (non-hydrogen) atoms. The van der Waals surface area contributed by atoms with Crippen LogP contribution in [0.3, 0.4) is 0 Å². The molecule has 1 aromatic rings. The largest absolute Gasteiger partial charge is 0.481 e. The molecule has 0 bridgehead atoms. The lowest BCUT2D eigenvalue weighted by molar-refractivity contribution is -0.136. The number of carbonyl (C=O) groups is 1. The standard InChI is InChI=1S/C15H22O3/c1-15(2,3)8-9-18-11-13-6-4-12(5-7-13)10-14(16)17/h4-7H,8-11H2,1-3H3,(H,16,17). The maximum absolute atomic E-state index is 10.5.